The number of rotatable bonds is 2. The van der Waals surface area contributed by atoms with Gasteiger partial charge in [-0.05, 0) is 30.2 Å². The molecule has 3 nitrogen and oxygen atoms in total. The van der Waals surface area contributed by atoms with E-state index in [4.69, 9.17) is 0 Å². The van der Waals surface area contributed by atoms with Gasteiger partial charge in [-0.15, -0.1) is 0 Å². The Kier molecular flexibility index (Phi) is 3.74. The lowest BCUT2D eigenvalue weighted by molar-refractivity contribution is 0.0828. The van der Waals surface area contributed by atoms with Crippen molar-refractivity contribution in [1.82, 2.24) is 4.90 Å². The zero-order chi connectivity index (χ0) is 14.9. The van der Waals surface area contributed by atoms with E-state index >= 15 is 0 Å². The molecule has 0 aliphatic heterocycles. The summed E-state index contributed by atoms with van der Waals surface area (Å²) in [5.74, 6) is -0.833. The Balaban J connectivity index is 2.65. The Morgan fingerprint density at radius 3 is 2.45 bits per heavy atom. The molecule has 1 N–H and O–H groups in total. The summed E-state index contributed by atoms with van der Waals surface area (Å²) in [6.07, 6.45) is 0. The highest BCUT2D eigenvalue weighted by Gasteiger charge is 2.17. The van der Waals surface area contributed by atoms with Crippen molar-refractivity contribution in [3.8, 4) is 16.9 Å². The van der Waals surface area contributed by atoms with Crippen LogP contribution in [0.4, 0.5) is 4.39 Å². The highest BCUT2D eigenvalue weighted by molar-refractivity contribution is 6.00. The van der Waals surface area contributed by atoms with Crippen molar-refractivity contribution in [2.45, 2.75) is 6.92 Å². The molecule has 0 bridgehead atoms. The molecule has 2 rings (SSSR count). The number of aromatic hydroxyl groups is 1. The summed E-state index contributed by atoms with van der Waals surface area (Å²) in [5.41, 5.74) is 1.83. The van der Waals surface area contributed by atoms with Crippen molar-refractivity contribution >= 4 is 5.91 Å². The van der Waals surface area contributed by atoms with Gasteiger partial charge in [-0.3, -0.25) is 4.79 Å². The number of phenolic OH excluding ortho intramolecular Hbond substituents is 1. The maximum atomic E-state index is 14.1. The SMILES string of the molecule is Cc1cc(-c2ccccc2C(=O)N(C)C)c(F)cc1O. The lowest BCUT2D eigenvalue weighted by Crippen LogP contribution is -2.22. The summed E-state index contributed by atoms with van der Waals surface area (Å²) in [5, 5.41) is 9.52. The molecule has 0 radical (unpaired) electrons. The van der Waals surface area contributed by atoms with Gasteiger partial charge in [0.05, 0.1) is 0 Å². The van der Waals surface area contributed by atoms with Crippen LogP contribution in [0.1, 0.15) is 15.9 Å². The fourth-order valence-corrected chi connectivity index (χ4v) is 2.02. The third kappa shape index (κ3) is 2.50. The predicted molar refractivity (Wildman–Crippen MR) is 76.3 cm³/mol. The molecule has 0 saturated heterocycles. The minimum atomic E-state index is -0.549. The third-order valence-corrected chi connectivity index (χ3v) is 3.14. The fourth-order valence-electron chi connectivity index (χ4n) is 2.02. The predicted octanol–water partition coefficient (Wildman–Crippen LogP) is 3.21. The number of aryl methyl sites for hydroxylation is 1. The van der Waals surface area contributed by atoms with Gasteiger partial charge < -0.3 is 10.0 Å². The van der Waals surface area contributed by atoms with Crippen LogP contribution in [-0.2, 0) is 0 Å². The number of carbonyl (C=O) groups is 1. The quantitative estimate of drug-likeness (QED) is 0.912. The van der Waals surface area contributed by atoms with Crippen LogP contribution in [0.15, 0.2) is 36.4 Å². The van der Waals surface area contributed by atoms with Gasteiger partial charge in [0.15, 0.2) is 0 Å². The fraction of sp³-hybridized carbons (Fsp3) is 0.188. The molecule has 0 fully saturated rings. The summed E-state index contributed by atoms with van der Waals surface area (Å²) in [6.45, 7) is 1.69. The van der Waals surface area contributed by atoms with E-state index in [1.165, 1.54) is 4.90 Å². The topological polar surface area (TPSA) is 40.5 Å². The monoisotopic (exact) mass is 273 g/mol. The number of benzene rings is 2. The molecular weight excluding hydrogens is 257 g/mol. The van der Waals surface area contributed by atoms with Crippen LogP contribution in [0.25, 0.3) is 11.1 Å². The lowest BCUT2D eigenvalue weighted by Gasteiger charge is -2.15. The molecule has 0 aromatic heterocycles. The van der Waals surface area contributed by atoms with Crippen LogP contribution in [0.2, 0.25) is 0 Å². The number of hydrogen-bond donors (Lipinski definition) is 1. The minimum Gasteiger partial charge on any atom is -0.508 e. The van der Waals surface area contributed by atoms with Crippen LogP contribution in [0.3, 0.4) is 0 Å². The van der Waals surface area contributed by atoms with Crippen LogP contribution in [0, 0.1) is 12.7 Å². The number of carbonyl (C=O) groups excluding carboxylic acids is 1. The van der Waals surface area contributed by atoms with Crippen molar-refractivity contribution < 1.29 is 14.3 Å². The number of hydrogen-bond acceptors (Lipinski definition) is 2. The van der Waals surface area contributed by atoms with Crippen LogP contribution < -0.4 is 0 Å². The van der Waals surface area contributed by atoms with Gasteiger partial charge in [0.2, 0.25) is 0 Å². The van der Waals surface area contributed by atoms with Crippen LogP contribution in [-0.4, -0.2) is 30.0 Å². The van der Waals surface area contributed by atoms with E-state index in [2.05, 4.69) is 0 Å². The lowest BCUT2D eigenvalue weighted by atomic mass is 9.97. The van der Waals surface area contributed by atoms with E-state index in [9.17, 15) is 14.3 Å². The highest BCUT2D eigenvalue weighted by atomic mass is 19.1. The third-order valence-electron chi connectivity index (χ3n) is 3.14. The van der Waals surface area contributed by atoms with E-state index in [1.807, 2.05) is 0 Å². The van der Waals surface area contributed by atoms with Gasteiger partial charge in [0, 0.05) is 31.3 Å². The molecule has 20 heavy (non-hydrogen) atoms. The van der Waals surface area contributed by atoms with Crippen molar-refractivity contribution in [1.29, 1.82) is 0 Å². The molecule has 0 heterocycles. The van der Waals surface area contributed by atoms with Gasteiger partial charge in [0.1, 0.15) is 11.6 Å². The molecule has 0 atom stereocenters. The molecule has 104 valence electrons. The van der Waals surface area contributed by atoms with Gasteiger partial charge in [0.25, 0.3) is 5.91 Å². The summed E-state index contributed by atoms with van der Waals surface area (Å²) in [4.78, 5) is 13.6. The molecule has 0 aliphatic rings. The van der Waals surface area contributed by atoms with E-state index in [1.54, 1.807) is 51.4 Å². The van der Waals surface area contributed by atoms with Crippen molar-refractivity contribution in [3.63, 3.8) is 0 Å². The number of halogens is 1. The summed E-state index contributed by atoms with van der Waals surface area (Å²) in [7, 11) is 3.30. The first-order valence-electron chi connectivity index (χ1n) is 6.22. The van der Waals surface area contributed by atoms with Gasteiger partial charge >= 0.3 is 0 Å². The molecule has 4 heteroatoms. The summed E-state index contributed by atoms with van der Waals surface area (Å²) < 4.78 is 14.1. The Morgan fingerprint density at radius 2 is 1.80 bits per heavy atom. The standard InChI is InChI=1S/C16H16FNO2/c1-10-8-13(14(17)9-15(10)19)11-6-4-5-7-12(11)16(20)18(2)3/h4-9,19H,1-3H3. The van der Waals surface area contributed by atoms with Crippen LogP contribution in [0.5, 0.6) is 5.75 Å². The first-order valence-corrected chi connectivity index (χ1v) is 6.22. The second-order valence-corrected chi connectivity index (χ2v) is 4.86. The molecule has 2 aromatic rings. The number of amides is 1. The second kappa shape index (κ2) is 5.33. The minimum absolute atomic E-state index is 0.0948. The van der Waals surface area contributed by atoms with E-state index < -0.39 is 5.82 Å². The van der Waals surface area contributed by atoms with Gasteiger partial charge in [-0.1, -0.05) is 18.2 Å². The van der Waals surface area contributed by atoms with E-state index in [0.717, 1.165) is 6.07 Å². The van der Waals surface area contributed by atoms with Crippen molar-refractivity contribution in [2.24, 2.45) is 0 Å². The molecule has 0 unspecified atom stereocenters. The smallest absolute Gasteiger partial charge is 0.253 e. The largest absolute Gasteiger partial charge is 0.508 e. The summed E-state index contributed by atoms with van der Waals surface area (Å²) in [6, 6.07) is 9.48. The highest BCUT2D eigenvalue weighted by Crippen LogP contribution is 2.31. The van der Waals surface area contributed by atoms with Gasteiger partial charge in [-0.2, -0.15) is 0 Å². The molecule has 2 aromatic carbocycles. The molecular formula is C16H16FNO2. The Morgan fingerprint density at radius 1 is 1.15 bits per heavy atom. The van der Waals surface area contributed by atoms with E-state index in [-0.39, 0.29) is 11.7 Å². The van der Waals surface area contributed by atoms with Crippen molar-refractivity contribution in [2.75, 3.05) is 14.1 Å². The van der Waals surface area contributed by atoms with Crippen molar-refractivity contribution in [3.05, 3.63) is 53.3 Å². The maximum absolute atomic E-state index is 14.1. The molecule has 1 amide bonds. The Hall–Kier alpha value is -2.36. The van der Waals surface area contributed by atoms with Crippen LogP contribution >= 0.6 is 0 Å². The Bertz CT molecular complexity index is 666. The molecule has 0 spiro atoms. The average Bonchev–Trinajstić information content (AvgIpc) is 2.42. The zero-order valence-electron chi connectivity index (χ0n) is 11.6. The van der Waals surface area contributed by atoms with E-state index in [0.29, 0.717) is 22.3 Å². The average molecular weight is 273 g/mol. The maximum Gasteiger partial charge on any atom is 0.253 e. The summed E-state index contributed by atoms with van der Waals surface area (Å²) >= 11 is 0. The molecule has 0 saturated carbocycles. The normalized spacial score (nSPS) is 10.4. The first kappa shape index (κ1) is 14.1. The number of phenols is 1. The second-order valence-electron chi connectivity index (χ2n) is 4.86. The first-order chi connectivity index (χ1) is 9.41. The number of nitrogens with zero attached hydrogens (tertiary/aromatic N) is 1. The zero-order valence-corrected chi connectivity index (χ0v) is 11.6. The van der Waals surface area contributed by atoms with Gasteiger partial charge in [-0.25, -0.2) is 4.39 Å². The Labute approximate surface area is 117 Å². The molecule has 0 aliphatic carbocycles.